The predicted molar refractivity (Wildman–Crippen MR) is 79.0 cm³/mol. The fourth-order valence-electron chi connectivity index (χ4n) is 1.78. The Kier molecular flexibility index (Phi) is 3.91. The van der Waals surface area contributed by atoms with Crippen molar-refractivity contribution in [3.05, 3.63) is 40.9 Å². The summed E-state index contributed by atoms with van der Waals surface area (Å²) in [4.78, 5) is 6.21. The molecule has 0 atom stereocenters. The zero-order chi connectivity index (χ0) is 13.1. The Morgan fingerprint density at radius 3 is 2.78 bits per heavy atom. The fourth-order valence-corrected chi connectivity index (χ4v) is 2.14. The number of nitrogens with one attached hydrogen (secondary N) is 1. The van der Waals surface area contributed by atoms with Gasteiger partial charge in [0.05, 0.1) is 29.9 Å². The standard InChI is InChI=1S/C13H17BrN4/c1-17(2)13-5-4-10(14)6-12(13)16-8-11-7-15-9-18(11)3/h4-7,9,16H,8H2,1-3H3. The Labute approximate surface area is 116 Å². The van der Waals surface area contributed by atoms with Crippen LogP contribution in [0.3, 0.4) is 0 Å². The van der Waals surface area contributed by atoms with Gasteiger partial charge in [0.2, 0.25) is 0 Å². The van der Waals surface area contributed by atoms with Gasteiger partial charge in [0, 0.05) is 31.8 Å². The van der Waals surface area contributed by atoms with Crippen LogP contribution in [0.5, 0.6) is 0 Å². The summed E-state index contributed by atoms with van der Waals surface area (Å²) in [6.07, 6.45) is 3.69. The number of aromatic nitrogens is 2. The van der Waals surface area contributed by atoms with Crippen molar-refractivity contribution in [2.24, 2.45) is 7.05 Å². The van der Waals surface area contributed by atoms with E-state index in [4.69, 9.17) is 0 Å². The van der Waals surface area contributed by atoms with Crippen LogP contribution in [0.15, 0.2) is 35.2 Å². The van der Waals surface area contributed by atoms with Crippen LogP contribution in [0.25, 0.3) is 0 Å². The molecule has 2 aromatic rings. The lowest BCUT2D eigenvalue weighted by molar-refractivity contribution is 0.837. The highest BCUT2D eigenvalue weighted by Crippen LogP contribution is 2.28. The van der Waals surface area contributed by atoms with Crippen LogP contribution in [0, 0.1) is 0 Å². The van der Waals surface area contributed by atoms with Crippen molar-refractivity contribution in [2.75, 3.05) is 24.3 Å². The van der Waals surface area contributed by atoms with Crippen molar-refractivity contribution in [1.29, 1.82) is 0 Å². The van der Waals surface area contributed by atoms with E-state index < -0.39 is 0 Å². The van der Waals surface area contributed by atoms with Gasteiger partial charge in [0.15, 0.2) is 0 Å². The Hall–Kier alpha value is -1.49. The number of hydrogen-bond donors (Lipinski definition) is 1. The molecule has 18 heavy (non-hydrogen) atoms. The fraction of sp³-hybridized carbons (Fsp3) is 0.308. The van der Waals surface area contributed by atoms with E-state index in [0.717, 1.165) is 22.4 Å². The summed E-state index contributed by atoms with van der Waals surface area (Å²) in [5.74, 6) is 0. The molecule has 0 saturated carbocycles. The van der Waals surface area contributed by atoms with Crippen molar-refractivity contribution < 1.29 is 0 Å². The summed E-state index contributed by atoms with van der Waals surface area (Å²) in [7, 11) is 6.08. The number of nitrogens with zero attached hydrogens (tertiary/aromatic N) is 3. The van der Waals surface area contributed by atoms with E-state index in [0.29, 0.717) is 0 Å². The molecular formula is C13H17BrN4. The van der Waals surface area contributed by atoms with Crippen LogP contribution in [-0.4, -0.2) is 23.6 Å². The van der Waals surface area contributed by atoms with Crippen LogP contribution < -0.4 is 10.2 Å². The molecule has 0 fully saturated rings. The third-order valence-corrected chi connectivity index (χ3v) is 3.31. The zero-order valence-corrected chi connectivity index (χ0v) is 12.4. The molecule has 0 spiro atoms. The molecule has 0 saturated heterocycles. The second-order valence-corrected chi connectivity index (χ2v) is 5.32. The van der Waals surface area contributed by atoms with Crippen molar-refractivity contribution in [3.63, 3.8) is 0 Å². The highest BCUT2D eigenvalue weighted by Gasteiger charge is 2.06. The van der Waals surface area contributed by atoms with Gasteiger partial charge in [-0.1, -0.05) is 15.9 Å². The van der Waals surface area contributed by atoms with E-state index in [9.17, 15) is 0 Å². The van der Waals surface area contributed by atoms with Gasteiger partial charge in [-0.05, 0) is 18.2 Å². The summed E-state index contributed by atoms with van der Waals surface area (Å²) >= 11 is 3.50. The first-order chi connectivity index (χ1) is 8.58. The van der Waals surface area contributed by atoms with Crippen molar-refractivity contribution in [3.8, 4) is 0 Å². The van der Waals surface area contributed by atoms with E-state index in [1.54, 1.807) is 0 Å². The van der Waals surface area contributed by atoms with Crippen molar-refractivity contribution in [1.82, 2.24) is 9.55 Å². The lowest BCUT2D eigenvalue weighted by Crippen LogP contribution is -2.12. The van der Waals surface area contributed by atoms with Gasteiger partial charge in [-0.15, -0.1) is 0 Å². The molecule has 4 nitrogen and oxygen atoms in total. The quantitative estimate of drug-likeness (QED) is 0.943. The molecular weight excluding hydrogens is 292 g/mol. The first-order valence-electron chi connectivity index (χ1n) is 5.74. The van der Waals surface area contributed by atoms with E-state index in [1.807, 2.05) is 44.3 Å². The largest absolute Gasteiger partial charge is 0.378 e. The SMILES string of the molecule is CN(C)c1ccc(Br)cc1NCc1cncn1C. The predicted octanol–water partition coefficient (Wildman–Crippen LogP) is 2.86. The topological polar surface area (TPSA) is 33.1 Å². The van der Waals surface area contributed by atoms with Gasteiger partial charge in [0.1, 0.15) is 0 Å². The first-order valence-corrected chi connectivity index (χ1v) is 6.53. The molecule has 5 heteroatoms. The summed E-state index contributed by atoms with van der Waals surface area (Å²) < 4.78 is 3.08. The Morgan fingerprint density at radius 2 is 2.17 bits per heavy atom. The molecule has 0 unspecified atom stereocenters. The number of imidazole rings is 1. The van der Waals surface area contributed by atoms with E-state index in [1.165, 1.54) is 5.69 Å². The molecule has 2 rings (SSSR count). The van der Waals surface area contributed by atoms with E-state index >= 15 is 0 Å². The molecule has 0 aliphatic carbocycles. The smallest absolute Gasteiger partial charge is 0.0946 e. The minimum atomic E-state index is 0.758. The van der Waals surface area contributed by atoms with Gasteiger partial charge in [-0.25, -0.2) is 4.98 Å². The first kappa shape index (κ1) is 13.0. The molecule has 96 valence electrons. The van der Waals surface area contributed by atoms with Gasteiger partial charge < -0.3 is 14.8 Å². The maximum Gasteiger partial charge on any atom is 0.0946 e. The Morgan fingerprint density at radius 1 is 1.39 bits per heavy atom. The summed E-state index contributed by atoms with van der Waals surface area (Å²) in [6.45, 7) is 0.758. The van der Waals surface area contributed by atoms with Gasteiger partial charge in [0.25, 0.3) is 0 Å². The normalized spacial score (nSPS) is 10.4. The number of hydrogen-bond acceptors (Lipinski definition) is 3. The van der Waals surface area contributed by atoms with Crippen LogP contribution in [0.2, 0.25) is 0 Å². The van der Waals surface area contributed by atoms with Crippen LogP contribution >= 0.6 is 15.9 Å². The van der Waals surface area contributed by atoms with Gasteiger partial charge in [-0.2, -0.15) is 0 Å². The highest BCUT2D eigenvalue weighted by molar-refractivity contribution is 9.10. The molecule has 0 aliphatic heterocycles. The van der Waals surface area contributed by atoms with Crippen LogP contribution in [0.4, 0.5) is 11.4 Å². The van der Waals surface area contributed by atoms with Crippen molar-refractivity contribution >= 4 is 27.3 Å². The molecule has 1 heterocycles. The number of benzene rings is 1. The second kappa shape index (κ2) is 5.44. The third-order valence-electron chi connectivity index (χ3n) is 2.82. The minimum Gasteiger partial charge on any atom is -0.378 e. The van der Waals surface area contributed by atoms with E-state index in [-0.39, 0.29) is 0 Å². The van der Waals surface area contributed by atoms with Gasteiger partial charge in [-0.3, -0.25) is 0 Å². The van der Waals surface area contributed by atoms with Gasteiger partial charge >= 0.3 is 0 Å². The van der Waals surface area contributed by atoms with Crippen LogP contribution in [0.1, 0.15) is 5.69 Å². The number of aryl methyl sites for hydroxylation is 1. The maximum atomic E-state index is 4.11. The Balaban J connectivity index is 2.18. The molecule has 1 aromatic carbocycles. The molecule has 0 bridgehead atoms. The summed E-state index contributed by atoms with van der Waals surface area (Å²) in [5, 5.41) is 3.45. The third kappa shape index (κ3) is 2.85. The molecule has 0 radical (unpaired) electrons. The molecule has 0 aliphatic rings. The molecule has 1 N–H and O–H groups in total. The average molecular weight is 309 g/mol. The zero-order valence-electron chi connectivity index (χ0n) is 10.8. The number of anilines is 2. The number of rotatable bonds is 4. The molecule has 1 aromatic heterocycles. The van der Waals surface area contributed by atoms with Crippen molar-refractivity contribution in [2.45, 2.75) is 6.54 Å². The number of halogens is 1. The minimum absolute atomic E-state index is 0.758. The highest BCUT2D eigenvalue weighted by atomic mass is 79.9. The lowest BCUT2D eigenvalue weighted by Gasteiger charge is -2.19. The summed E-state index contributed by atoms with van der Waals surface area (Å²) in [5.41, 5.74) is 3.43. The van der Waals surface area contributed by atoms with Crippen LogP contribution in [-0.2, 0) is 13.6 Å². The maximum absolute atomic E-state index is 4.11. The molecule has 0 amide bonds. The monoisotopic (exact) mass is 308 g/mol. The lowest BCUT2D eigenvalue weighted by atomic mass is 10.2. The van der Waals surface area contributed by atoms with E-state index in [2.05, 4.69) is 43.3 Å². The Bertz CT molecular complexity index is 534. The average Bonchev–Trinajstić information content (AvgIpc) is 2.72. The summed E-state index contributed by atoms with van der Waals surface area (Å²) in [6, 6.07) is 6.23. The second-order valence-electron chi connectivity index (χ2n) is 4.41.